The lowest BCUT2D eigenvalue weighted by Crippen LogP contribution is -2.04. The highest BCUT2D eigenvalue weighted by Gasteiger charge is 2.11. The third kappa shape index (κ3) is 4.90. The van der Waals surface area contributed by atoms with Gasteiger partial charge in [-0.05, 0) is 24.3 Å². The van der Waals surface area contributed by atoms with E-state index in [2.05, 4.69) is 37.0 Å². The molecule has 3 aromatic rings. The second-order valence-electron chi connectivity index (χ2n) is 5.23. The van der Waals surface area contributed by atoms with Crippen LogP contribution in [0.1, 0.15) is 5.01 Å². The number of aromatic nitrogens is 1. The first kappa shape index (κ1) is 19.0. The fourth-order valence-corrected chi connectivity index (χ4v) is 3.29. The molecule has 27 heavy (non-hydrogen) atoms. The Balaban J connectivity index is 1.82. The second-order valence-corrected chi connectivity index (χ2v) is 7.01. The van der Waals surface area contributed by atoms with E-state index in [0.717, 1.165) is 15.7 Å². The third-order valence-electron chi connectivity index (χ3n) is 3.47. The highest BCUT2D eigenvalue weighted by molar-refractivity contribution is 9.10. The molecule has 1 aromatic heterocycles. The van der Waals surface area contributed by atoms with E-state index >= 15 is 0 Å². The second kappa shape index (κ2) is 8.75. The van der Waals surface area contributed by atoms with Crippen LogP contribution in [0.25, 0.3) is 16.8 Å². The lowest BCUT2D eigenvalue weighted by Gasteiger charge is -2.10. The van der Waals surface area contributed by atoms with Gasteiger partial charge in [0.15, 0.2) is 0 Å². The first-order chi connectivity index (χ1) is 13.1. The van der Waals surface area contributed by atoms with Gasteiger partial charge >= 0.3 is 6.61 Å². The topological polar surface area (TPSA) is 57.9 Å². The van der Waals surface area contributed by atoms with Crippen LogP contribution in [0.3, 0.4) is 0 Å². The molecule has 0 aliphatic carbocycles. The first-order valence-electron chi connectivity index (χ1n) is 7.69. The standard InChI is InChI=1S/C19H12BrF2N3OS/c20-14-7-5-12(6-8-14)16-11-27-18(25-16)13(9-23)10-24-15-3-1-2-4-17(15)26-19(21)22/h1-8,10-11,19,24H/b13-10+. The summed E-state index contributed by atoms with van der Waals surface area (Å²) in [5.74, 6) is -0.00395. The maximum Gasteiger partial charge on any atom is 0.387 e. The molecule has 0 fully saturated rings. The highest BCUT2D eigenvalue weighted by Crippen LogP contribution is 2.29. The molecule has 3 rings (SSSR count). The summed E-state index contributed by atoms with van der Waals surface area (Å²) >= 11 is 4.71. The number of nitriles is 1. The monoisotopic (exact) mass is 447 g/mol. The number of hydrogen-bond donors (Lipinski definition) is 1. The number of anilines is 1. The minimum atomic E-state index is -2.93. The SMILES string of the molecule is N#C/C(=C\Nc1ccccc1OC(F)F)c1nc(-c2ccc(Br)cc2)cs1. The van der Waals surface area contributed by atoms with Gasteiger partial charge in [-0.3, -0.25) is 0 Å². The number of ether oxygens (including phenoxy) is 1. The summed E-state index contributed by atoms with van der Waals surface area (Å²) < 4.78 is 30.4. The van der Waals surface area contributed by atoms with Crippen LogP contribution in [-0.2, 0) is 0 Å². The minimum Gasteiger partial charge on any atom is -0.433 e. The van der Waals surface area contributed by atoms with Gasteiger partial charge in [0.05, 0.1) is 11.4 Å². The molecule has 136 valence electrons. The van der Waals surface area contributed by atoms with E-state index in [1.807, 2.05) is 29.6 Å². The summed E-state index contributed by atoms with van der Waals surface area (Å²) in [6, 6.07) is 16.0. The fraction of sp³-hybridized carbons (Fsp3) is 0.0526. The van der Waals surface area contributed by atoms with E-state index < -0.39 is 6.61 Å². The Hall–Kier alpha value is -2.76. The van der Waals surface area contributed by atoms with Gasteiger partial charge in [0, 0.05) is 21.6 Å². The number of nitrogens with zero attached hydrogens (tertiary/aromatic N) is 2. The summed E-state index contributed by atoms with van der Waals surface area (Å²) in [5.41, 5.74) is 2.30. The van der Waals surface area contributed by atoms with Crippen molar-refractivity contribution in [3.63, 3.8) is 0 Å². The molecule has 0 saturated heterocycles. The molecule has 0 aliphatic heterocycles. The molecule has 0 aliphatic rings. The molecule has 4 nitrogen and oxygen atoms in total. The van der Waals surface area contributed by atoms with Gasteiger partial charge in [-0.1, -0.05) is 40.2 Å². The van der Waals surface area contributed by atoms with E-state index in [1.54, 1.807) is 18.2 Å². The Bertz CT molecular complexity index is 997. The van der Waals surface area contributed by atoms with Crippen LogP contribution in [0.4, 0.5) is 14.5 Å². The number of para-hydroxylation sites is 2. The third-order valence-corrected chi connectivity index (χ3v) is 4.87. The largest absolute Gasteiger partial charge is 0.433 e. The smallest absolute Gasteiger partial charge is 0.387 e. The minimum absolute atomic E-state index is 0.00395. The van der Waals surface area contributed by atoms with Crippen LogP contribution in [0.2, 0.25) is 0 Å². The molecule has 0 amide bonds. The van der Waals surface area contributed by atoms with Crippen LogP contribution >= 0.6 is 27.3 Å². The Labute approximate surface area is 166 Å². The van der Waals surface area contributed by atoms with Crippen LogP contribution in [0, 0.1) is 11.3 Å². The van der Waals surface area contributed by atoms with E-state index in [9.17, 15) is 14.0 Å². The molecule has 0 unspecified atom stereocenters. The summed E-state index contributed by atoms with van der Waals surface area (Å²) in [6.45, 7) is -2.93. The van der Waals surface area contributed by atoms with Crippen molar-refractivity contribution in [2.45, 2.75) is 6.61 Å². The zero-order valence-electron chi connectivity index (χ0n) is 13.7. The molecule has 2 aromatic carbocycles. The Kier molecular flexibility index (Phi) is 6.16. The molecule has 8 heteroatoms. The number of thiazole rings is 1. The van der Waals surface area contributed by atoms with E-state index in [4.69, 9.17) is 0 Å². The van der Waals surface area contributed by atoms with E-state index in [1.165, 1.54) is 23.6 Å². The molecule has 0 radical (unpaired) electrons. The normalized spacial score (nSPS) is 11.3. The molecule has 0 spiro atoms. The Morgan fingerprint density at radius 1 is 1.22 bits per heavy atom. The van der Waals surface area contributed by atoms with Crippen LogP contribution in [0.5, 0.6) is 5.75 Å². The fourth-order valence-electron chi connectivity index (χ4n) is 2.23. The van der Waals surface area contributed by atoms with Crippen molar-refractivity contribution in [3.8, 4) is 23.1 Å². The number of halogens is 3. The molecule has 0 saturated carbocycles. The lowest BCUT2D eigenvalue weighted by molar-refractivity contribution is -0.0493. The zero-order valence-corrected chi connectivity index (χ0v) is 16.1. The number of hydrogen-bond acceptors (Lipinski definition) is 5. The summed E-state index contributed by atoms with van der Waals surface area (Å²) in [7, 11) is 0. The van der Waals surface area contributed by atoms with Gasteiger partial charge in [0.25, 0.3) is 0 Å². The average molecular weight is 448 g/mol. The zero-order chi connectivity index (χ0) is 19.2. The number of alkyl halides is 2. The molecular formula is C19H12BrF2N3OS. The van der Waals surface area contributed by atoms with Crippen LogP contribution < -0.4 is 10.1 Å². The van der Waals surface area contributed by atoms with Gasteiger partial charge in [-0.15, -0.1) is 11.3 Å². The quantitative estimate of drug-likeness (QED) is 0.460. The molecular weight excluding hydrogens is 436 g/mol. The Morgan fingerprint density at radius 2 is 1.96 bits per heavy atom. The van der Waals surface area contributed by atoms with Crippen LogP contribution in [-0.4, -0.2) is 11.6 Å². The average Bonchev–Trinajstić information content (AvgIpc) is 3.13. The molecule has 1 heterocycles. The highest BCUT2D eigenvalue weighted by atomic mass is 79.9. The molecule has 0 atom stereocenters. The van der Waals surface area contributed by atoms with Crippen molar-refractivity contribution in [3.05, 3.63) is 69.6 Å². The van der Waals surface area contributed by atoms with E-state index in [0.29, 0.717) is 10.7 Å². The Morgan fingerprint density at radius 3 is 2.67 bits per heavy atom. The summed E-state index contributed by atoms with van der Waals surface area (Å²) in [6.07, 6.45) is 1.43. The van der Waals surface area contributed by atoms with Crippen molar-refractivity contribution in [1.82, 2.24) is 4.98 Å². The van der Waals surface area contributed by atoms with Crippen molar-refractivity contribution in [2.75, 3.05) is 5.32 Å². The van der Waals surface area contributed by atoms with Gasteiger partial charge < -0.3 is 10.1 Å². The maximum atomic E-state index is 12.5. The van der Waals surface area contributed by atoms with Gasteiger partial charge in [0.2, 0.25) is 0 Å². The summed E-state index contributed by atoms with van der Waals surface area (Å²) in [4.78, 5) is 4.49. The van der Waals surface area contributed by atoms with Gasteiger partial charge in [-0.25, -0.2) is 4.98 Å². The maximum absolute atomic E-state index is 12.5. The number of rotatable bonds is 6. The van der Waals surface area contributed by atoms with Gasteiger partial charge in [0.1, 0.15) is 22.4 Å². The number of benzene rings is 2. The summed E-state index contributed by atoms with van der Waals surface area (Å²) in [5, 5.41) is 14.7. The van der Waals surface area contributed by atoms with Crippen LogP contribution in [0.15, 0.2) is 64.6 Å². The number of nitrogens with one attached hydrogen (secondary N) is 1. The molecule has 0 bridgehead atoms. The van der Waals surface area contributed by atoms with Crippen molar-refractivity contribution < 1.29 is 13.5 Å². The molecule has 1 N–H and O–H groups in total. The predicted molar refractivity (Wildman–Crippen MR) is 106 cm³/mol. The predicted octanol–water partition coefficient (Wildman–Crippen LogP) is 6.15. The first-order valence-corrected chi connectivity index (χ1v) is 9.36. The van der Waals surface area contributed by atoms with Crippen molar-refractivity contribution >= 4 is 38.5 Å². The lowest BCUT2D eigenvalue weighted by atomic mass is 10.2. The number of allylic oxidation sites excluding steroid dienone is 1. The van der Waals surface area contributed by atoms with Crippen molar-refractivity contribution in [1.29, 1.82) is 5.26 Å². The van der Waals surface area contributed by atoms with E-state index in [-0.39, 0.29) is 11.3 Å². The van der Waals surface area contributed by atoms with Gasteiger partial charge in [-0.2, -0.15) is 14.0 Å². The van der Waals surface area contributed by atoms with Crippen molar-refractivity contribution in [2.24, 2.45) is 0 Å².